The fourth-order valence-corrected chi connectivity index (χ4v) is 2.79. The van der Waals surface area contributed by atoms with E-state index in [1.807, 2.05) is 11.6 Å². The maximum absolute atomic E-state index is 4.49. The van der Waals surface area contributed by atoms with E-state index in [1.54, 1.807) is 0 Å². The van der Waals surface area contributed by atoms with Crippen LogP contribution in [0.15, 0.2) is 28.7 Å². The van der Waals surface area contributed by atoms with Crippen LogP contribution in [0.4, 0.5) is 5.69 Å². The van der Waals surface area contributed by atoms with Crippen LogP contribution in [0.25, 0.3) is 0 Å². The van der Waals surface area contributed by atoms with E-state index >= 15 is 0 Å². The Morgan fingerprint density at radius 2 is 2.22 bits per heavy atom. The molecule has 2 aromatic rings. The molecule has 1 heterocycles. The van der Waals surface area contributed by atoms with Crippen molar-refractivity contribution in [2.24, 2.45) is 0 Å². The molecule has 3 nitrogen and oxygen atoms in total. The molecule has 0 saturated carbocycles. The van der Waals surface area contributed by atoms with Gasteiger partial charge >= 0.3 is 0 Å². The second-order valence-corrected chi connectivity index (χ2v) is 6.06. The lowest BCUT2D eigenvalue weighted by molar-refractivity contribution is 0.622. The first-order valence-corrected chi connectivity index (χ1v) is 7.70. The van der Waals surface area contributed by atoms with E-state index in [0.29, 0.717) is 0 Å². The minimum Gasteiger partial charge on any atom is -0.379 e. The fourth-order valence-electron chi connectivity index (χ4n) is 1.82. The van der Waals surface area contributed by atoms with E-state index in [0.717, 1.165) is 28.9 Å². The van der Waals surface area contributed by atoms with Crippen molar-refractivity contribution in [1.29, 1.82) is 0 Å². The summed E-state index contributed by atoms with van der Waals surface area (Å²) in [6.45, 7) is 5.78. The highest BCUT2D eigenvalue weighted by molar-refractivity contribution is 14.1. The molecule has 0 bridgehead atoms. The van der Waals surface area contributed by atoms with Crippen LogP contribution in [0.3, 0.4) is 0 Å². The average Bonchev–Trinajstić information content (AvgIpc) is 2.63. The second kappa shape index (κ2) is 6.06. The van der Waals surface area contributed by atoms with Gasteiger partial charge < -0.3 is 5.32 Å². The predicted molar refractivity (Wildman–Crippen MR) is 86.8 cm³/mol. The molecule has 0 saturated heterocycles. The average molecular weight is 420 g/mol. The molecule has 96 valence electrons. The third-order valence-electron chi connectivity index (χ3n) is 2.74. The molecule has 0 atom stereocenters. The SMILES string of the molecule is CCn1nc(C)c(Br)c1CNc1cccc(I)c1. The van der Waals surface area contributed by atoms with Gasteiger partial charge in [0.15, 0.2) is 0 Å². The van der Waals surface area contributed by atoms with Crippen molar-refractivity contribution in [1.82, 2.24) is 9.78 Å². The van der Waals surface area contributed by atoms with E-state index in [9.17, 15) is 0 Å². The van der Waals surface area contributed by atoms with Gasteiger partial charge in [0, 0.05) is 15.8 Å². The molecule has 1 aromatic heterocycles. The van der Waals surface area contributed by atoms with E-state index in [4.69, 9.17) is 0 Å². The Morgan fingerprint density at radius 1 is 1.44 bits per heavy atom. The maximum atomic E-state index is 4.49. The summed E-state index contributed by atoms with van der Waals surface area (Å²) in [5, 5.41) is 7.92. The summed E-state index contributed by atoms with van der Waals surface area (Å²) >= 11 is 5.92. The van der Waals surface area contributed by atoms with Gasteiger partial charge in [-0.05, 0) is 70.6 Å². The summed E-state index contributed by atoms with van der Waals surface area (Å²) in [5.74, 6) is 0. The molecule has 0 spiro atoms. The first kappa shape index (κ1) is 13.9. The Morgan fingerprint density at radius 3 is 2.89 bits per heavy atom. The first-order chi connectivity index (χ1) is 8.61. The quantitative estimate of drug-likeness (QED) is 0.753. The summed E-state index contributed by atoms with van der Waals surface area (Å²) in [7, 11) is 0. The molecule has 0 radical (unpaired) electrons. The van der Waals surface area contributed by atoms with Crippen LogP contribution < -0.4 is 5.32 Å². The molecule has 2 rings (SSSR count). The Balaban J connectivity index is 2.15. The first-order valence-electron chi connectivity index (χ1n) is 5.83. The van der Waals surface area contributed by atoms with Gasteiger partial charge in [-0.15, -0.1) is 0 Å². The van der Waals surface area contributed by atoms with Gasteiger partial charge in [-0.3, -0.25) is 4.68 Å². The highest BCUT2D eigenvalue weighted by Crippen LogP contribution is 2.22. The molecule has 1 aromatic carbocycles. The highest BCUT2D eigenvalue weighted by atomic mass is 127. The number of halogens is 2. The third kappa shape index (κ3) is 3.06. The van der Waals surface area contributed by atoms with E-state index in [-0.39, 0.29) is 0 Å². The molecule has 18 heavy (non-hydrogen) atoms. The topological polar surface area (TPSA) is 29.9 Å². The number of hydrogen-bond acceptors (Lipinski definition) is 2. The molecule has 0 unspecified atom stereocenters. The van der Waals surface area contributed by atoms with Crippen LogP contribution >= 0.6 is 38.5 Å². The number of aromatic nitrogens is 2. The predicted octanol–water partition coefficient (Wildman–Crippen LogP) is 4.19. The van der Waals surface area contributed by atoms with Gasteiger partial charge in [0.05, 0.1) is 22.4 Å². The Kier molecular flexibility index (Phi) is 4.66. The summed E-state index contributed by atoms with van der Waals surface area (Å²) in [4.78, 5) is 0. The van der Waals surface area contributed by atoms with Gasteiger partial charge in [-0.25, -0.2) is 0 Å². The highest BCUT2D eigenvalue weighted by Gasteiger charge is 2.11. The number of nitrogens with zero attached hydrogens (tertiary/aromatic N) is 2. The van der Waals surface area contributed by atoms with Crippen LogP contribution in [0.5, 0.6) is 0 Å². The van der Waals surface area contributed by atoms with Crippen molar-refractivity contribution in [3.8, 4) is 0 Å². The van der Waals surface area contributed by atoms with Crippen LogP contribution in [-0.4, -0.2) is 9.78 Å². The van der Waals surface area contributed by atoms with Gasteiger partial charge in [0.1, 0.15) is 0 Å². The second-order valence-electron chi connectivity index (χ2n) is 4.03. The smallest absolute Gasteiger partial charge is 0.0739 e. The Bertz CT molecular complexity index is 551. The summed E-state index contributed by atoms with van der Waals surface area (Å²) in [6.07, 6.45) is 0. The van der Waals surface area contributed by atoms with Gasteiger partial charge in [-0.2, -0.15) is 5.10 Å². The standard InChI is InChI=1S/C13H15BrIN3/c1-3-18-12(13(14)9(2)17-18)8-16-11-6-4-5-10(15)7-11/h4-7,16H,3,8H2,1-2H3. The molecule has 5 heteroatoms. The van der Waals surface area contributed by atoms with Gasteiger partial charge in [-0.1, -0.05) is 6.07 Å². The molecule has 1 N–H and O–H groups in total. The van der Waals surface area contributed by atoms with Gasteiger partial charge in [0.2, 0.25) is 0 Å². The van der Waals surface area contributed by atoms with Crippen molar-refractivity contribution < 1.29 is 0 Å². The molecular formula is C13H15BrIN3. The lowest BCUT2D eigenvalue weighted by Crippen LogP contribution is -2.08. The van der Waals surface area contributed by atoms with E-state index < -0.39 is 0 Å². The normalized spacial score (nSPS) is 10.7. The zero-order chi connectivity index (χ0) is 13.1. The Labute approximate surface area is 129 Å². The number of rotatable bonds is 4. The fraction of sp³-hybridized carbons (Fsp3) is 0.308. The maximum Gasteiger partial charge on any atom is 0.0739 e. The summed E-state index contributed by atoms with van der Waals surface area (Å²) in [6, 6.07) is 8.35. The largest absolute Gasteiger partial charge is 0.379 e. The van der Waals surface area contributed by atoms with Crippen LogP contribution in [-0.2, 0) is 13.1 Å². The number of aryl methyl sites for hydroxylation is 2. The third-order valence-corrected chi connectivity index (χ3v) is 4.44. The van der Waals surface area contributed by atoms with Crippen molar-refractivity contribution in [2.45, 2.75) is 26.9 Å². The number of anilines is 1. The van der Waals surface area contributed by atoms with E-state index in [2.05, 4.69) is 80.1 Å². The van der Waals surface area contributed by atoms with E-state index in [1.165, 1.54) is 9.26 Å². The van der Waals surface area contributed by atoms with Gasteiger partial charge in [0.25, 0.3) is 0 Å². The molecule has 0 amide bonds. The molecule has 0 aliphatic heterocycles. The summed E-state index contributed by atoms with van der Waals surface area (Å²) < 4.78 is 4.36. The molecule has 0 aliphatic rings. The van der Waals surface area contributed by atoms with Crippen molar-refractivity contribution in [3.05, 3.63) is 43.7 Å². The van der Waals surface area contributed by atoms with Crippen molar-refractivity contribution in [2.75, 3.05) is 5.32 Å². The molecular weight excluding hydrogens is 405 g/mol. The lowest BCUT2D eigenvalue weighted by Gasteiger charge is -2.09. The minimum absolute atomic E-state index is 0.773. The Hall–Kier alpha value is -0.560. The lowest BCUT2D eigenvalue weighted by atomic mass is 10.3. The zero-order valence-corrected chi connectivity index (χ0v) is 14.1. The summed E-state index contributed by atoms with van der Waals surface area (Å²) in [5.41, 5.74) is 3.36. The number of benzene rings is 1. The molecule has 0 aliphatic carbocycles. The number of nitrogens with one attached hydrogen (secondary N) is 1. The molecule has 0 fully saturated rings. The monoisotopic (exact) mass is 419 g/mol. The zero-order valence-electron chi connectivity index (χ0n) is 10.4. The van der Waals surface area contributed by atoms with Crippen LogP contribution in [0, 0.1) is 10.5 Å². The van der Waals surface area contributed by atoms with Crippen LogP contribution in [0.1, 0.15) is 18.3 Å². The number of hydrogen-bond donors (Lipinski definition) is 1. The minimum atomic E-state index is 0.773. The van der Waals surface area contributed by atoms with Crippen molar-refractivity contribution in [3.63, 3.8) is 0 Å². The van der Waals surface area contributed by atoms with Crippen LogP contribution in [0.2, 0.25) is 0 Å². The van der Waals surface area contributed by atoms with Crippen molar-refractivity contribution >= 4 is 44.2 Å².